The molecule has 3 aromatic rings. The Morgan fingerprint density at radius 3 is 2.54 bits per heavy atom. The number of rotatable bonds is 14. The van der Waals surface area contributed by atoms with E-state index in [1.54, 1.807) is 10.8 Å². The van der Waals surface area contributed by atoms with Crippen LogP contribution in [0.5, 0.6) is 0 Å². The average Bonchev–Trinajstić information content (AvgIpc) is 3.46. The van der Waals surface area contributed by atoms with E-state index < -0.39 is 11.2 Å². The van der Waals surface area contributed by atoms with Crippen LogP contribution in [-0.2, 0) is 24.3 Å². The number of aromatic amines is 1. The lowest BCUT2D eigenvalue weighted by Crippen LogP contribution is -2.34. The Bertz CT molecular complexity index is 1210. The van der Waals surface area contributed by atoms with Crippen molar-refractivity contribution in [1.82, 2.24) is 29.3 Å². The van der Waals surface area contributed by atoms with E-state index in [4.69, 9.17) is 9.40 Å². The molecule has 3 aromatic heterocycles. The number of likely N-dealkylation sites (N-methyl/N-ethyl adjacent to an activating group) is 1. The molecular weight excluding hydrogens is 448 g/mol. The van der Waals surface area contributed by atoms with Crippen molar-refractivity contribution in [2.45, 2.75) is 77.9 Å². The SMILES string of the molecule is CCCCCn1c(CCC(=O)NCC(c2ccco2)N(C)C)nc2c1c(=O)[nH]c(=O)n2CCCC. The normalized spacial score (nSPS) is 12.5. The van der Waals surface area contributed by atoms with Crippen molar-refractivity contribution in [3.63, 3.8) is 0 Å². The molecule has 192 valence electrons. The molecule has 3 rings (SSSR count). The molecule has 2 N–H and O–H groups in total. The number of imidazole rings is 1. The summed E-state index contributed by atoms with van der Waals surface area (Å²) in [5.41, 5.74) is -0.0434. The third kappa shape index (κ3) is 6.50. The first kappa shape index (κ1) is 26.5. The van der Waals surface area contributed by atoms with Crippen LogP contribution in [0.1, 0.15) is 70.0 Å². The molecule has 1 amide bonds. The highest BCUT2D eigenvalue weighted by molar-refractivity contribution is 5.76. The Hall–Kier alpha value is -3.14. The van der Waals surface area contributed by atoms with Gasteiger partial charge in [0.2, 0.25) is 5.91 Å². The van der Waals surface area contributed by atoms with Gasteiger partial charge >= 0.3 is 5.69 Å². The summed E-state index contributed by atoms with van der Waals surface area (Å²) in [5.74, 6) is 1.34. The molecule has 0 radical (unpaired) electrons. The van der Waals surface area contributed by atoms with E-state index >= 15 is 0 Å². The summed E-state index contributed by atoms with van der Waals surface area (Å²) in [7, 11) is 3.88. The monoisotopic (exact) mass is 486 g/mol. The van der Waals surface area contributed by atoms with Crippen molar-refractivity contribution in [2.75, 3.05) is 20.6 Å². The number of nitrogens with one attached hydrogen (secondary N) is 2. The van der Waals surface area contributed by atoms with Crippen molar-refractivity contribution in [3.8, 4) is 0 Å². The van der Waals surface area contributed by atoms with Gasteiger partial charge in [0.25, 0.3) is 5.56 Å². The summed E-state index contributed by atoms with van der Waals surface area (Å²) < 4.78 is 8.95. The van der Waals surface area contributed by atoms with Crippen LogP contribution in [0.2, 0.25) is 0 Å². The minimum atomic E-state index is -0.439. The van der Waals surface area contributed by atoms with Gasteiger partial charge < -0.3 is 14.3 Å². The number of unbranched alkanes of at least 4 members (excludes halogenated alkanes) is 3. The highest BCUT2D eigenvalue weighted by atomic mass is 16.3. The number of carbonyl (C=O) groups is 1. The lowest BCUT2D eigenvalue weighted by Gasteiger charge is -2.22. The Kier molecular flexibility index (Phi) is 9.47. The summed E-state index contributed by atoms with van der Waals surface area (Å²) in [6, 6.07) is 3.66. The number of aryl methyl sites for hydroxylation is 3. The Morgan fingerprint density at radius 1 is 1.14 bits per heavy atom. The Morgan fingerprint density at radius 2 is 1.89 bits per heavy atom. The zero-order valence-corrected chi connectivity index (χ0v) is 21.3. The van der Waals surface area contributed by atoms with Gasteiger partial charge in [-0.1, -0.05) is 33.1 Å². The van der Waals surface area contributed by atoms with Crippen molar-refractivity contribution < 1.29 is 9.21 Å². The zero-order chi connectivity index (χ0) is 25.4. The number of hydrogen-bond acceptors (Lipinski definition) is 6. The van der Waals surface area contributed by atoms with Gasteiger partial charge in [-0.25, -0.2) is 9.78 Å². The number of furan rings is 1. The number of hydrogen-bond donors (Lipinski definition) is 2. The van der Waals surface area contributed by atoms with E-state index in [0.717, 1.165) is 37.9 Å². The quantitative estimate of drug-likeness (QED) is 0.338. The minimum absolute atomic E-state index is 0.0703. The fraction of sp³-hybridized carbons (Fsp3) is 0.600. The van der Waals surface area contributed by atoms with Crippen LogP contribution in [-0.4, -0.2) is 50.5 Å². The number of nitrogens with zero attached hydrogens (tertiary/aromatic N) is 4. The highest BCUT2D eigenvalue weighted by Crippen LogP contribution is 2.18. The average molecular weight is 487 g/mol. The summed E-state index contributed by atoms with van der Waals surface area (Å²) in [4.78, 5) is 47.1. The number of H-pyrrole nitrogens is 1. The van der Waals surface area contributed by atoms with Gasteiger partial charge in [0, 0.05) is 32.5 Å². The third-order valence-corrected chi connectivity index (χ3v) is 6.25. The first-order valence-corrected chi connectivity index (χ1v) is 12.6. The van der Waals surface area contributed by atoms with E-state index in [2.05, 4.69) is 17.2 Å². The fourth-order valence-corrected chi connectivity index (χ4v) is 4.24. The van der Waals surface area contributed by atoms with Gasteiger partial charge in [0.1, 0.15) is 11.6 Å². The number of carbonyl (C=O) groups excluding carboxylic acids is 1. The number of aromatic nitrogens is 4. The molecule has 1 atom stereocenters. The molecule has 0 bridgehead atoms. The number of fused-ring (bicyclic) bond motifs is 1. The van der Waals surface area contributed by atoms with Crippen molar-refractivity contribution in [2.24, 2.45) is 0 Å². The van der Waals surface area contributed by atoms with E-state index in [-0.39, 0.29) is 18.4 Å². The predicted octanol–water partition coefficient (Wildman–Crippen LogP) is 2.82. The zero-order valence-electron chi connectivity index (χ0n) is 21.3. The minimum Gasteiger partial charge on any atom is -0.468 e. The second kappa shape index (κ2) is 12.5. The Balaban J connectivity index is 1.80. The molecule has 0 aliphatic heterocycles. The molecule has 0 aliphatic rings. The lowest BCUT2D eigenvalue weighted by molar-refractivity contribution is -0.121. The van der Waals surface area contributed by atoms with E-state index in [0.29, 0.717) is 43.0 Å². The van der Waals surface area contributed by atoms with Crippen LogP contribution >= 0.6 is 0 Å². The molecule has 0 saturated carbocycles. The third-order valence-electron chi connectivity index (χ3n) is 6.25. The van der Waals surface area contributed by atoms with Crippen LogP contribution in [0.4, 0.5) is 0 Å². The summed E-state index contributed by atoms with van der Waals surface area (Å²) in [6.45, 7) is 5.71. The van der Waals surface area contributed by atoms with Crippen LogP contribution in [0.25, 0.3) is 11.2 Å². The molecule has 10 nitrogen and oxygen atoms in total. The standard InChI is InChI=1S/C25H38N6O4/c1-5-7-9-15-30-20(27-23-22(30)24(33)28-25(34)31(23)14-8-6-2)12-13-21(32)26-17-18(29(3)4)19-11-10-16-35-19/h10-11,16,18H,5-9,12-15,17H2,1-4H3,(H,26,32)(H,28,33,34). The second-order valence-corrected chi connectivity index (χ2v) is 9.12. The van der Waals surface area contributed by atoms with E-state index in [1.165, 1.54) is 0 Å². The van der Waals surface area contributed by atoms with Crippen LogP contribution in [0.15, 0.2) is 32.4 Å². The largest absolute Gasteiger partial charge is 0.468 e. The molecule has 10 heteroatoms. The molecule has 1 unspecified atom stereocenters. The number of amides is 1. The van der Waals surface area contributed by atoms with Gasteiger partial charge in [-0.15, -0.1) is 0 Å². The maximum Gasteiger partial charge on any atom is 0.330 e. The molecule has 0 fully saturated rings. The molecule has 0 saturated heterocycles. The van der Waals surface area contributed by atoms with E-state index in [9.17, 15) is 14.4 Å². The van der Waals surface area contributed by atoms with Gasteiger partial charge in [-0.2, -0.15) is 0 Å². The molecule has 0 spiro atoms. The molecular formula is C25H38N6O4. The van der Waals surface area contributed by atoms with Crippen molar-refractivity contribution in [1.29, 1.82) is 0 Å². The van der Waals surface area contributed by atoms with Crippen molar-refractivity contribution in [3.05, 3.63) is 50.8 Å². The lowest BCUT2D eigenvalue weighted by atomic mass is 10.2. The summed E-state index contributed by atoms with van der Waals surface area (Å²) in [5, 5.41) is 2.99. The fourth-order valence-electron chi connectivity index (χ4n) is 4.24. The van der Waals surface area contributed by atoms with Gasteiger partial charge in [0.05, 0.1) is 12.3 Å². The van der Waals surface area contributed by atoms with Gasteiger partial charge in [-0.3, -0.25) is 24.0 Å². The molecule has 3 heterocycles. The first-order chi connectivity index (χ1) is 16.9. The second-order valence-electron chi connectivity index (χ2n) is 9.12. The van der Waals surface area contributed by atoms with Crippen LogP contribution in [0, 0.1) is 0 Å². The van der Waals surface area contributed by atoms with Crippen molar-refractivity contribution >= 4 is 17.1 Å². The molecule has 35 heavy (non-hydrogen) atoms. The predicted molar refractivity (Wildman–Crippen MR) is 136 cm³/mol. The smallest absolute Gasteiger partial charge is 0.330 e. The molecule has 0 aromatic carbocycles. The maximum absolute atomic E-state index is 12.8. The summed E-state index contributed by atoms with van der Waals surface area (Å²) in [6.07, 6.45) is 6.92. The first-order valence-electron chi connectivity index (χ1n) is 12.6. The molecule has 0 aliphatic carbocycles. The van der Waals surface area contributed by atoms with Gasteiger partial charge in [0.15, 0.2) is 11.2 Å². The van der Waals surface area contributed by atoms with Gasteiger partial charge in [-0.05, 0) is 39.1 Å². The Labute approximate surface area is 205 Å². The topological polar surface area (TPSA) is 118 Å². The highest BCUT2D eigenvalue weighted by Gasteiger charge is 2.20. The van der Waals surface area contributed by atoms with Crippen LogP contribution in [0.3, 0.4) is 0 Å². The van der Waals surface area contributed by atoms with E-state index in [1.807, 2.05) is 42.6 Å². The summed E-state index contributed by atoms with van der Waals surface area (Å²) >= 11 is 0. The maximum atomic E-state index is 12.8. The van der Waals surface area contributed by atoms with Crippen LogP contribution < -0.4 is 16.6 Å².